The van der Waals surface area contributed by atoms with Gasteiger partial charge < -0.3 is 15.3 Å². The Kier molecular flexibility index (Phi) is 2.87. The SMILES string of the molecule is O=c1[nH]c2cc(F)c(Cl)c(C3CCNCC3)c2[nH]1. The minimum Gasteiger partial charge on any atom is -0.317 e. The van der Waals surface area contributed by atoms with Crippen molar-refractivity contribution < 1.29 is 4.39 Å². The molecule has 1 aromatic heterocycles. The Bertz CT molecular complexity index is 643. The van der Waals surface area contributed by atoms with Crippen LogP contribution in [0.25, 0.3) is 11.0 Å². The van der Waals surface area contributed by atoms with Gasteiger partial charge >= 0.3 is 5.69 Å². The lowest BCUT2D eigenvalue weighted by Gasteiger charge is -2.24. The maximum atomic E-state index is 13.8. The van der Waals surface area contributed by atoms with Crippen LogP contribution in [0.3, 0.4) is 0 Å². The van der Waals surface area contributed by atoms with E-state index in [1.807, 2.05) is 0 Å². The Morgan fingerprint density at radius 2 is 2.00 bits per heavy atom. The summed E-state index contributed by atoms with van der Waals surface area (Å²) >= 11 is 6.08. The third-order valence-corrected chi connectivity index (χ3v) is 3.87. The standard InChI is InChI=1S/C12H13ClFN3O/c13-10-7(14)5-8-11(17-12(18)16-8)9(10)6-1-3-15-4-2-6/h5-6,15H,1-4H2,(H2,16,17,18). The van der Waals surface area contributed by atoms with Crippen LogP contribution in [-0.2, 0) is 0 Å². The van der Waals surface area contributed by atoms with Crippen molar-refractivity contribution >= 4 is 22.6 Å². The van der Waals surface area contributed by atoms with Gasteiger partial charge in [0.2, 0.25) is 0 Å². The number of benzene rings is 1. The summed E-state index contributed by atoms with van der Waals surface area (Å²) in [7, 11) is 0. The summed E-state index contributed by atoms with van der Waals surface area (Å²) in [5.41, 5.74) is 1.52. The van der Waals surface area contributed by atoms with Gasteiger partial charge in [-0.15, -0.1) is 0 Å². The molecule has 0 atom stereocenters. The monoisotopic (exact) mass is 269 g/mol. The molecule has 1 fully saturated rings. The number of rotatable bonds is 1. The second kappa shape index (κ2) is 4.40. The van der Waals surface area contributed by atoms with Crippen molar-refractivity contribution in [3.8, 4) is 0 Å². The Balaban J connectivity index is 2.23. The third-order valence-electron chi connectivity index (χ3n) is 3.49. The summed E-state index contributed by atoms with van der Waals surface area (Å²) in [4.78, 5) is 16.6. The maximum Gasteiger partial charge on any atom is 0.323 e. The van der Waals surface area contributed by atoms with Gasteiger partial charge in [0.15, 0.2) is 0 Å². The molecule has 0 spiro atoms. The molecule has 3 rings (SSSR count). The largest absolute Gasteiger partial charge is 0.323 e. The number of imidazole rings is 1. The highest BCUT2D eigenvalue weighted by molar-refractivity contribution is 6.32. The first-order chi connectivity index (χ1) is 8.66. The molecule has 0 saturated carbocycles. The first-order valence-corrected chi connectivity index (χ1v) is 6.35. The second-order valence-electron chi connectivity index (χ2n) is 4.61. The molecule has 18 heavy (non-hydrogen) atoms. The van der Waals surface area contributed by atoms with Gasteiger partial charge in [-0.1, -0.05) is 11.6 Å². The molecule has 2 aromatic rings. The van der Waals surface area contributed by atoms with Gasteiger partial charge in [0.05, 0.1) is 16.1 Å². The van der Waals surface area contributed by atoms with E-state index in [0.29, 0.717) is 11.0 Å². The number of aromatic amines is 2. The van der Waals surface area contributed by atoms with Crippen LogP contribution < -0.4 is 11.0 Å². The number of halogens is 2. The molecule has 3 N–H and O–H groups in total. The molecule has 1 aliphatic heterocycles. The smallest absolute Gasteiger partial charge is 0.317 e. The molecule has 6 heteroatoms. The normalized spacial score (nSPS) is 17.4. The van der Waals surface area contributed by atoms with Crippen molar-refractivity contribution in [2.45, 2.75) is 18.8 Å². The van der Waals surface area contributed by atoms with E-state index in [9.17, 15) is 9.18 Å². The fourth-order valence-corrected chi connectivity index (χ4v) is 2.94. The molecule has 96 valence electrons. The predicted molar refractivity (Wildman–Crippen MR) is 68.7 cm³/mol. The summed E-state index contributed by atoms with van der Waals surface area (Å²) in [5.74, 6) is -0.295. The molecule has 2 heterocycles. The number of H-pyrrole nitrogens is 2. The fraction of sp³-hybridized carbons (Fsp3) is 0.417. The van der Waals surface area contributed by atoms with Crippen LogP contribution in [0.4, 0.5) is 4.39 Å². The molecular weight excluding hydrogens is 257 g/mol. The maximum absolute atomic E-state index is 13.8. The van der Waals surface area contributed by atoms with Gasteiger partial charge in [-0.3, -0.25) is 0 Å². The third kappa shape index (κ3) is 1.83. The zero-order valence-corrected chi connectivity index (χ0v) is 10.4. The zero-order chi connectivity index (χ0) is 12.7. The van der Waals surface area contributed by atoms with Crippen molar-refractivity contribution in [1.82, 2.24) is 15.3 Å². The fourth-order valence-electron chi connectivity index (χ4n) is 2.64. The number of piperidine rings is 1. The van der Waals surface area contributed by atoms with E-state index in [0.717, 1.165) is 31.5 Å². The Morgan fingerprint density at radius 3 is 2.72 bits per heavy atom. The Hall–Kier alpha value is -1.33. The van der Waals surface area contributed by atoms with Crippen molar-refractivity contribution in [2.24, 2.45) is 0 Å². The Morgan fingerprint density at radius 1 is 1.28 bits per heavy atom. The average Bonchev–Trinajstić information content (AvgIpc) is 2.71. The Labute approximate surface area is 108 Å². The molecule has 0 amide bonds. The van der Waals surface area contributed by atoms with E-state index in [1.165, 1.54) is 6.07 Å². The van der Waals surface area contributed by atoms with Crippen molar-refractivity contribution in [2.75, 3.05) is 13.1 Å². The molecule has 1 aliphatic rings. The van der Waals surface area contributed by atoms with E-state index in [4.69, 9.17) is 11.6 Å². The first kappa shape index (κ1) is 11.7. The molecule has 0 radical (unpaired) electrons. The minimum absolute atomic E-state index is 0.129. The predicted octanol–water partition coefficient (Wildman–Crippen LogP) is 2.12. The lowest BCUT2D eigenvalue weighted by molar-refractivity contribution is 0.460. The van der Waals surface area contributed by atoms with Gasteiger partial charge in [-0.25, -0.2) is 9.18 Å². The minimum atomic E-state index is -0.479. The highest BCUT2D eigenvalue weighted by Gasteiger charge is 2.23. The molecule has 1 saturated heterocycles. The topological polar surface area (TPSA) is 60.7 Å². The van der Waals surface area contributed by atoms with Gasteiger partial charge in [-0.05, 0) is 31.8 Å². The number of hydrogen-bond donors (Lipinski definition) is 3. The van der Waals surface area contributed by atoms with E-state index in [1.54, 1.807) is 0 Å². The van der Waals surface area contributed by atoms with Crippen LogP contribution in [0.15, 0.2) is 10.9 Å². The van der Waals surface area contributed by atoms with Crippen LogP contribution in [0.1, 0.15) is 24.3 Å². The summed E-state index contributed by atoms with van der Waals surface area (Å²) in [6, 6.07) is 1.26. The summed E-state index contributed by atoms with van der Waals surface area (Å²) in [5, 5.41) is 3.38. The number of aromatic nitrogens is 2. The van der Waals surface area contributed by atoms with Crippen LogP contribution in [0, 0.1) is 5.82 Å². The van der Waals surface area contributed by atoms with Crippen LogP contribution in [0.5, 0.6) is 0 Å². The number of hydrogen-bond acceptors (Lipinski definition) is 2. The van der Waals surface area contributed by atoms with Crippen LogP contribution in [0.2, 0.25) is 5.02 Å². The molecule has 0 unspecified atom stereocenters. The molecular formula is C12H13ClFN3O. The first-order valence-electron chi connectivity index (χ1n) is 5.97. The second-order valence-corrected chi connectivity index (χ2v) is 4.99. The summed E-state index contributed by atoms with van der Waals surface area (Å²) < 4.78 is 13.8. The van der Waals surface area contributed by atoms with E-state index < -0.39 is 5.82 Å². The average molecular weight is 270 g/mol. The lowest BCUT2D eigenvalue weighted by atomic mass is 9.89. The molecule has 1 aromatic carbocycles. The molecule has 0 aliphatic carbocycles. The van der Waals surface area contributed by atoms with Gasteiger partial charge in [-0.2, -0.15) is 0 Å². The van der Waals surface area contributed by atoms with Gasteiger partial charge in [0.1, 0.15) is 5.82 Å². The zero-order valence-electron chi connectivity index (χ0n) is 9.65. The van der Waals surface area contributed by atoms with Crippen molar-refractivity contribution in [3.63, 3.8) is 0 Å². The summed E-state index contributed by atoms with van der Waals surface area (Å²) in [6.07, 6.45) is 1.79. The van der Waals surface area contributed by atoms with Gasteiger partial charge in [0, 0.05) is 11.6 Å². The highest BCUT2D eigenvalue weighted by Crippen LogP contribution is 2.36. The van der Waals surface area contributed by atoms with Gasteiger partial charge in [0.25, 0.3) is 0 Å². The van der Waals surface area contributed by atoms with E-state index in [-0.39, 0.29) is 16.6 Å². The lowest BCUT2D eigenvalue weighted by Crippen LogP contribution is -2.27. The molecule has 4 nitrogen and oxygen atoms in total. The highest BCUT2D eigenvalue weighted by atomic mass is 35.5. The molecule has 0 bridgehead atoms. The van der Waals surface area contributed by atoms with Crippen LogP contribution in [-0.4, -0.2) is 23.1 Å². The van der Waals surface area contributed by atoms with Crippen molar-refractivity contribution in [1.29, 1.82) is 0 Å². The van der Waals surface area contributed by atoms with Crippen molar-refractivity contribution in [3.05, 3.63) is 33.0 Å². The quantitative estimate of drug-likeness (QED) is 0.743. The van der Waals surface area contributed by atoms with E-state index in [2.05, 4.69) is 15.3 Å². The number of fused-ring (bicyclic) bond motifs is 1. The van der Waals surface area contributed by atoms with E-state index >= 15 is 0 Å². The van der Waals surface area contributed by atoms with Crippen LogP contribution >= 0.6 is 11.6 Å². The number of nitrogens with one attached hydrogen (secondary N) is 3. The summed E-state index contributed by atoms with van der Waals surface area (Å²) in [6.45, 7) is 1.77.